The number of benzene rings is 2. The van der Waals surface area contributed by atoms with Crippen molar-refractivity contribution >= 4 is 28.6 Å². The summed E-state index contributed by atoms with van der Waals surface area (Å²) < 4.78 is 1.61. The first-order valence-electron chi connectivity index (χ1n) is 9.01. The number of amides is 1. The Labute approximate surface area is 162 Å². The van der Waals surface area contributed by atoms with Crippen LogP contribution < -0.4 is 10.9 Å². The van der Waals surface area contributed by atoms with Crippen molar-refractivity contribution in [2.24, 2.45) is 0 Å². The maximum atomic E-state index is 13.2. The lowest BCUT2D eigenvalue weighted by atomic mass is 10.2. The number of nitrogens with one attached hydrogen (secondary N) is 1. The number of thioether (sulfide) groups is 1. The van der Waals surface area contributed by atoms with Crippen molar-refractivity contribution in [2.45, 2.75) is 38.4 Å². The largest absolute Gasteiger partial charge is 0.353 e. The third-order valence-electron chi connectivity index (χ3n) is 4.45. The van der Waals surface area contributed by atoms with Gasteiger partial charge in [-0.25, -0.2) is 4.98 Å². The van der Waals surface area contributed by atoms with Gasteiger partial charge in [0.15, 0.2) is 5.16 Å². The third-order valence-corrected chi connectivity index (χ3v) is 5.39. The molecular weight excluding hydrogens is 358 g/mol. The number of nitrogens with zero attached hydrogens (tertiary/aromatic N) is 2. The average molecular weight is 382 g/mol. The van der Waals surface area contributed by atoms with Crippen LogP contribution in [0.4, 0.5) is 0 Å². The van der Waals surface area contributed by atoms with Crippen molar-refractivity contribution in [1.82, 2.24) is 14.9 Å². The van der Waals surface area contributed by atoms with Crippen LogP contribution in [0.15, 0.2) is 58.5 Å². The van der Waals surface area contributed by atoms with E-state index in [-0.39, 0.29) is 23.3 Å². The molecule has 1 heterocycles. The van der Waals surface area contributed by atoms with Crippen molar-refractivity contribution < 1.29 is 4.79 Å². The summed E-state index contributed by atoms with van der Waals surface area (Å²) >= 11 is 1.28. The van der Waals surface area contributed by atoms with Crippen molar-refractivity contribution in [3.8, 4) is 5.69 Å². The van der Waals surface area contributed by atoms with Gasteiger partial charge in [0.2, 0.25) is 5.91 Å². The standard InChI is InChI=1S/C21H23N3O2S/c1-4-15(3)22-19(25)13-27-21-23-17-11-7-6-10-16(17)20(26)24(21)18-12-8-5-9-14(18)2/h5-12,15H,4,13H2,1-3H3,(H,22,25). The van der Waals surface area contributed by atoms with Crippen LogP contribution in [-0.2, 0) is 4.79 Å². The lowest BCUT2D eigenvalue weighted by Crippen LogP contribution is -2.33. The maximum Gasteiger partial charge on any atom is 0.266 e. The highest BCUT2D eigenvalue weighted by Crippen LogP contribution is 2.23. The number of carbonyl (C=O) groups is 1. The minimum Gasteiger partial charge on any atom is -0.353 e. The molecule has 0 spiro atoms. The lowest BCUT2D eigenvalue weighted by Gasteiger charge is -2.15. The van der Waals surface area contributed by atoms with Gasteiger partial charge in [0.05, 0.1) is 22.3 Å². The van der Waals surface area contributed by atoms with Gasteiger partial charge >= 0.3 is 0 Å². The van der Waals surface area contributed by atoms with E-state index in [1.165, 1.54) is 11.8 Å². The number of carbonyl (C=O) groups excluding carboxylic acids is 1. The molecular formula is C21H23N3O2S. The molecule has 2 aromatic carbocycles. The quantitative estimate of drug-likeness (QED) is 0.522. The van der Waals surface area contributed by atoms with Gasteiger partial charge in [0.25, 0.3) is 5.56 Å². The Kier molecular flexibility index (Phi) is 5.96. The number of aryl methyl sites for hydroxylation is 1. The highest BCUT2D eigenvalue weighted by atomic mass is 32.2. The zero-order valence-corrected chi connectivity index (χ0v) is 16.5. The lowest BCUT2D eigenvalue weighted by molar-refractivity contribution is -0.119. The summed E-state index contributed by atoms with van der Waals surface area (Å²) in [6.07, 6.45) is 0.874. The monoisotopic (exact) mass is 381 g/mol. The van der Waals surface area contributed by atoms with Crippen LogP contribution in [0.25, 0.3) is 16.6 Å². The first kappa shape index (κ1) is 19.2. The highest BCUT2D eigenvalue weighted by molar-refractivity contribution is 7.99. The van der Waals surface area contributed by atoms with E-state index in [1.54, 1.807) is 10.6 Å². The van der Waals surface area contributed by atoms with Crippen LogP contribution in [0.2, 0.25) is 0 Å². The van der Waals surface area contributed by atoms with E-state index in [0.29, 0.717) is 16.1 Å². The summed E-state index contributed by atoms with van der Waals surface area (Å²) in [5.74, 6) is 0.147. The van der Waals surface area contributed by atoms with Crippen LogP contribution in [0, 0.1) is 6.92 Å². The molecule has 0 aliphatic heterocycles. The Morgan fingerprint density at radius 3 is 2.63 bits per heavy atom. The van der Waals surface area contributed by atoms with Gasteiger partial charge in [-0.15, -0.1) is 0 Å². The highest BCUT2D eigenvalue weighted by Gasteiger charge is 2.16. The molecule has 3 rings (SSSR count). The van der Waals surface area contributed by atoms with Gasteiger partial charge in [-0.1, -0.05) is 49.0 Å². The van der Waals surface area contributed by atoms with Crippen molar-refractivity contribution in [3.63, 3.8) is 0 Å². The minimum atomic E-state index is -0.125. The van der Waals surface area contributed by atoms with Gasteiger partial charge < -0.3 is 5.32 Å². The molecule has 1 amide bonds. The summed E-state index contributed by atoms with van der Waals surface area (Å²) in [7, 11) is 0. The minimum absolute atomic E-state index is 0.0620. The molecule has 0 aliphatic rings. The molecule has 0 saturated carbocycles. The summed E-state index contributed by atoms with van der Waals surface area (Å²) in [4.78, 5) is 30.1. The van der Waals surface area contributed by atoms with E-state index in [9.17, 15) is 9.59 Å². The van der Waals surface area contributed by atoms with Crippen LogP contribution in [0.3, 0.4) is 0 Å². The summed E-state index contributed by atoms with van der Waals surface area (Å²) in [5, 5.41) is 4.03. The maximum absolute atomic E-state index is 13.2. The molecule has 1 N–H and O–H groups in total. The SMILES string of the molecule is CCC(C)NC(=O)CSc1nc2ccccc2c(=O)n1-c1ccccc1C. The van der Waals surface area contributed by atoms with Crippen LogP contribution in [0.5, 0.6) is 0 Å². The van der Waals surface area contributed by atoms with Gasteiger partial charge in [-0.2, -0.15) is 0 Å². The van der Waals surface area contributed by atoms with E-state index in [4.69, 9.17) is 0 Å². The number of hydrogen-bond acceptors (Lipinski definition) is 4. The predicted molar refractivity (Wildman–Crippen MR) is 111 cm³/mol. The van der Waals surface area contributed by atoms with Gasteiger partial charge in [-0.05, 0) is 44.0 Å². The fraction of sp³-hybridized carbons (Fsp3) is 0.286. The molecule has 0 fully saturated rings. The molecule has 140 valence electrons. The molecule has 5 nitrogen and oxygen atoms in total. The van der Waals surface area contributed by atoms with Gasteiger partial charge in [0, 0.05) is 6.04 Å². The smallest absolute Gasteiger partial charge is 0.266 e. The van der Waals surface area contributed by atoms with Crippen LogP contribution in [-0.4, -0.2) is 27.3 Å². The number of aromatic nitrogens is 2. The van der Waals surface area contributed by atoms with E-state index < -0.39 is 0 Å². The molecule has 6 heteroatoms. The van der Waals surface area contributed by atoms with Crippen molar-refractivity contribution in [1.29, 1.82) is 0 Å². The second-order valence-electron chi connectivity index (χ2n) is 6.50. The second-order valence-corrected chi connectivity index (χ2v) is 7.45. The summed E-state index contributed by atoms with van der Waals surface area (Å²) in [5.41, 5.74) is 2.27. The van der Waals surface area contributed by atoms with Gasteiger partial charge in [-0.3, -0.25) is 14.2 Å². The zero-order valence-electron chi connectivity index (χ0n) is 15.7. The van der Waals surface area contributed by atoms with Crippen LogP contribution >= 0.6 is 11.8 Å². The Balaban J connectivity index is 2.05. The van der Waals surface area contributed by atoms with Gasteiger partial charge in [0.1, 0.15) is 0 Å². The second kappa shape index (κ2) is 8.39. The molecule has 1 unspecified atom stereocenters. The molecule has 1 aromatic heterocycles. The fourth-order valence-electron chi connectivity index (χ4n) is 2.78. The molecule has 27 heavy (non-hydrogen) atoms. The number of para-hydroxylation sites is 2. The number of hydrogen-bond donors (Lipinski definition) is 1. The zero-order chi connectivity index (χ0) is 19.4. The fourth-order valence-corrected chi connectivity index (χ4v) is 3.60. The van der Waals surface area contributed by atoms with E-state index >= 15 is 0 Å². The van der Waals surface area contributed by atoms with E-state index in [0.717, 1.165) is 17.7 Å². The van der Waals surface area contributed by atoms with Crippen molar-refractivity contribution in [2.75, 3.05) is 5.75 Å². The van der Waals surface area contributed by atoms with Crippen molar-refractivity contribution in [3.05, 3.63) is 64.4 Å². The van der Waals surface area contributed by atoms with E-state index in [2.05, 4.69) is 10.3 Å². The molecule has 1 atom stereocenters. The first-order chi connectivity index (χ1) is 13.0. The first-order valence-corrected chi connectivity index (χ1v) is 9.99. The Bertz CT molecular complexity index is 1030. The molecule has 0 aliphatic carbocycles. The molecule has 0 radical (unpaired) electrons. The number of fused-ring (bicyclic) bond motifs is 1. The molecule has 0 bridgehead atoms. The molecule has 0 saturated heterocycles. The van der Waals surface area contributed by atoms with E-state index in [1.807, 2.05) is 63.2 Å². The average Bonchev–Trinajstić information content (AvgIpc) is 2.67. The molecule has 3 aromatic rings. The third kappa shape index (κ3) is 4.22. The number of rotatable bonds is 6. The predicted octanol–water partition coefficient (Wildman–Crippen LogP) is 3.70. The topological polar surface area (TPSA) is 64.0 Å². The van der Waals surface area contributed by atoms with Crippen LogP contribution in [0.1, 0.15) is 25.8 Å². The summed E-state index contributed by atoms with van der Waals surface area (Å²) in [6.45, 7) is 5.96. The summed E-state index contributed by atoms with van der Waals surface area (Å²) in [6, 6.07) is 15.1. The normalized spacial score (nSPS) is 12.1. The Morgan fingerprint density at radius 1 is 1.19 bits per heavy atom. The Hall–Kier alpha value is -2.60. The Morgan fingerprint density at radius 2 is 1.89 bits per heavy atom.